The summed E-state index contributed by atoms with van der Waals surface area (Å²) < 4.78 is 0. The molecule has 4 unspecified atom stereocenters. The van der Waals surface area contributed by atoms with Gasteiger partial charge in [-0.15, -0.1) is 0 Å². The lowest BCUT2D eigenvalue weighted by molar-refractivity contribution is -0.146. The van der Waals surface area contributed by atoms with Crippen LogP contribution in [-0.2, 0) is 4.79 Å². The zero-order valence-corrected chi connectivity index (χ0v) is 12.6. The van der Waals surface area contributed by atoms with Crippen molar-refractivity contribution in [3.05, 3.63) is 0 Å². The lowest BCUT2D eigenvalue weighted by atomic mass is 9.71. The van der Waals surface area contributed by atoms with Gasteiger partial charge in [-0.05, 0) is 44.6 Å². The maximum absolute atomic E-state index is 12.7. The van der Waals surface area contributed by atoms with Gasteiger partial charge < -0.3 is 15.3 Å². The van der Waals surface area contributed by atoms with E-state index in [-0.39, 0.29) is 11.9 Å². The number of rotatable bonds is 1. The Morgan fingerprint density at radius 3 is 2.95 bits per heavy atom. The smallest absolute Gasteiger partial charge is 0.239 e. The van der Waals surface area contributed by atoms with E-state index in [9.17, 15) is 9.90 Å². The van der Waals surface area contributed by atoms with E-state index in [1.54, 1.807) is 0 Å². The second-order valence-electron chi connectivity index (χ2n) is 7.22. The van der Waals surface area contributed by atoms with Gasteiger partial charge in [0, 0.05) is 19.0 Å². The molecule has 2 N–H and O–H groups in total. The van der Waals surface area contributed by atoms with Crippen LogP contribution in [0.5, 0.6) is 0 Å². The van der Waals surface area contributed by atoms with Gasteiger partial charge in [0.15, 0.2) is 0 Å². The molecule has 4 nitrogen and oxygen atoms in total. The van der Waals surface area contributed by atoms with E-state index in [4.69, 9.17) is 0 Å². The Balaban J connectivity index is 1.62. The average Bonchev–Trinajstić information content (AvgIpc) is 2.45. The van der Waals surface area contributed by atoms with Gasteiger partial charge in [-0.25, -0.2) is 0 Å². The number of piperidine rings is 2. The van der Waals surface area contributed by atoms with Gasteiger partial charge in [0.25, 0.3) is 0 Å². The summed E-state index contributed by atoms with van der Waals surface area (Å²) >= 11 is 0. The molecular formula is C16H28N2O2. The van der Waals surface area contributed by atoms with Crippen LogP contribution >= 0.6 is 0 Å². The minimum absolute atomic E-state index is 0.00790. The largest absolute Gasteiger partial charge is 0.389 e. The number of carbonyl (C=O) groups excluding carboxylic acids is 1. The van der Waals surface area contributed by atoms with E-state index in [2.05, 4.69) is 12.2 Å². The van der Waals surface area contributed by atoms with E-state index < -0.39 is 5.60 Å². The first kappa shape index (κ1) is 14.3. The number of amides is 1. The van der Waals surface area contributed by atoms with Crippen molar-refractivity contribution in [3.63, 3.8) is 0 Å². The van der Waals surface area contributed by atoms with Crippen LogP contribution < -0.4 is 5.32 Å². The fraction of sp³-hybridized carbons (Fsp3) is 0.938. The van der Waals surface area contributed by atoms with Crippen molar-refractivity contribution in [2.45, 2.75) is 63.5 Å². The maximum atomic E-state index is 12.7. The van der Waals surface area contributed by atoms with Crippen molar-refractivity contribution < 1.29 is 9.90 Å². The molecule has 1 saturated carbocycles. The van der Waals surface area contributed by atoms with Crippen LogP contribution in [-0.4, -0.2) is 47.2 Å². The third kappa shape index (κ3) is 2.73. The van der Waals surface area contributed by atoms with Crippen molar-refractivity contribution in [2.75, 3.05) is 19.6 Å². The second kappa shape index (κ2) is 5.64. The Morgan fingerprint density at radius 1 is 1.30 bits per heavy atom. The summed E-state index contributed by atoms with van der Waals surface area (Å²) in [5.41, 5.74) is -0.484. The van der Waals surface area contributed by atoms with Crippen molar-refractivity contribution in [2.24, 2.45) is 11.8 Å². The molecule has 0 spiro atoms. The van der Waals surface area contributed by atoms with Crippen molar-refractivity contribution in [1.82, 2.24) is 10.2 Å². The Labute approximate surface area is 121 Å². The van der Waals surface area contributed by atoms with Gasteiger partial charge in [-0.3, -0.25) is 4.79 Å². The molecule has 3 aliphatic rings. The number of nitrogens with one attached hydrogen (secondary N) is 1. The first-order chi connectivity index (χ1) is 9.58. The number of carbonyl (C=O) groups is 1. The third-order valence-corrected chi connectivity index (χ3v) is 5.70. The molecule has 3 fully saturated rings. The van der Waals surface area contributed by atoms with E-state index in [0.717, 1.165) is 51.7 Å². The minimum Gasteiger partial charge on any atom is -0.389 e. The first-order valence-electron chi connectivity index (χ1n) is 8.33. The summed E-state index contributed by atoms with van der Waals surface area (Å²) in [6.07, 6.45) is 7.26. The summed E-state index contributed by atoms with van der Waals surface area (Å²) in [4.78, 5) is 14.7. The maximum Gasteiger partial charge on any atom is 0.239 e. The van der Waals surface area contributed by atoms with Gasteiger partial charge in [-0.2, -0.15) is 0 Å². The molecule has 0 aromatic heterocycles. The normalized spacial score (nSPS) is 42.1. The molecule has 4 atom stereocenters. The van der Waals surface area contributed by atoms with Crippen LogP contribution in [0.4, 0.5) is 0 Å². The Morgan fingerprint density at radius 2 is 2.15 bits per heavy atom. The number of fused-ring (bicyclic) bond motifs is 1. The standard InChI is InChI=1S/C16H28N2O2/c1-12-5-8-17-14(10-12)15(19)18-9-7-16(20)6-3-2-4-13(16)11-18/h12-14,17,20H,2-11H2,1H3. The molecule has 2 aliphatic heterocycles. The summed E-state index contributed by atoms with van der Waals surface area (Å²) in [6, 6.07) is 0.00790. The lowest BCUT2D eigenvalue weighted by Gasteiger charge is -2.48. The van der Waals surface area contributed by atoms with Gasteiger partial charge in [-0.1, -0.05) is 19.8 Å². The molecular weight excluding hydrogens is 252 g/mol. The van der Waals surface area contributed by atoms with Gasteiger partial charge >= 0.3 is 0 Å². The van der Waals surface area contributed by atoms with E-state index in [1.165, 1.54) is 12.8 Å². The monoisotopic (exact) mass is 280 g/mol. The van der Waals surface area contributed by atoms with Crippen LogP contribution in [0.2, 0.25) is 0 Å². The van der Waals surface area contributed by atoms with Crippen LogP contribution in [0, 0.1) is 11.8 Å². The molecule has 0 radical (unpaired) electrons. The Hall–Kier alpha value is -0.610. The zero-order valence-electron chi connectivity index (χ0n) is 12.6. The lowest BCUT2D eigenvalue weighted by Crippen LogP contribution is -2.58. The Bertz CT molecular complexity index is 373. The number of aliphatic hydroxyl groups is 1. The Kier molecular flexibility index (Phi) is 4.04. The number of hydrogen-bond donors (Lipinski definition) is 2. The first-order valence-corrected chi connectivity index (χ1v) is 8.33. The molecule has 2 heterocycles. The van der Waals surface area contributed by atoms with Crippen LogP contribution in [0.3, 0.4) is 0 Å². The quantitative estimate of drug-likeness (QED) is 0.766. The zero-order chi connectivity index (χ0) is 14.2. The van der Waals surface area contributed by atoms with Crippen molar-refractivity contribution >= 4 is 5.91 Å². The van der Waals surface area contributed by atoms with Crippen molar-refractivity contribution in [3.8, 4) is 0 Å². The molecule has 1 aliphatic carbocycles. The summed E-state index contributed by atoms with van der Waals surface area (Å²) in [5.74, 6) is 1.21. The topological polar surface area (TPSA) is 52.6 Å². The highest BCUT2D eigenvalue weighted by molar-refractivity contribution is 5.82. The SMILES string of the molecule is CC1CCNC(C(=O)N2CCC3(O)CCCCC3C2)C1. The fourth-order valence-electron chi connectivity index (χ4n) is 4.29. The highest BCUT2D eigenvalue weighted by atomic mass is 16.3. The van der Waals surface area contributed by atoms with Gasteiger partial charge in [0.2, 0.25) is 5.91 Å². The van der Waals surface area contributed by atoms with E-state index in [1.807, 2.05) is 4.90 Å². The molecule has 3 rings (SSSR count). The molecule has 0 aromatic rings. The second-order valence-corrected chi connectivity index (χ2v) is 7.22. The average molecular weight is 280 g/mol. The van der Waals surface area contributed by atoms with Gasteiger partial charge in [0.1, 0.15) is 0 Å². The number of likely N-dealkylation sites (tertiary alicyclic amines) is 1. The molecule has 0 aromatic carbocycles. The van der Waals surface area contributed by atoms with Crippen molar-refractivity contribution in [1.29, 1.82) is 0 Å². The van der Waals surface area contributed by atoms with E-state index in [0.29, 0.717) is 11.8 Å². The molecule has 4 heteroatoms. The number of hydrogen-bond acceptors (Lipinski definition) is 3. The number of nitrogens with zero attached hydrogens (tertiary/aromatic N) is 1. The third-order valence-electron chi connectivity index (χ3n) is 5.70. The predicted octanol–water partition coefficient (Wildman–Crippen LogP) is 1.53. The molecule has 0 bridgehead atoms. The van der Waals surface area contributed by atoms with Crippen LogP contribution in [0.15, 0.2) is 0 Å². The summed E-state index contributed by atoms with van der Waals surface area (Å²) in [6.45, 7) is 4.69. The minimum atomic E-state index is -0.484. The van der Waals surface area contributed by atoms with Gasteiger partial charge in [0.05, 0.1) is 11.6 Å². The fourth-order valence-corrected chi connectivity index (χ4v) is 4.29. The molecule has 1 amide bonds. The van der Waals surface area contributed by atoms with Crippen LogP contribution in [0.1, 0.15) is 51.9 Å². The highest BCUT2D eigenvalue weighted by Gasteiger charge is 2.44. The molecule has 20 heavy (non-hydrogen) atoms. The summed E-state index contributed by atoms with van der Waals surface area (Å²) in [5, 5.41) is 14.1. The summed E-state index contributed by atoms with van der Waals surface area (Å²) in [7, 11) is 0. The van der Waals surface area contributed by atoms with E-state index >= 15 is 0 Å². The predicted molar refractivity (Wildman–Crippen MR) is 78.3 cm³/mol. The molecule has 2 saturated heterocycles. The van der Waals surface area contributed by atoms with Crippen LogP contribution in [0.25, 0.3) is 0 Å². The highest BCUT2D eigenvalue weighted by Crippen LogP contribution is 2.40. The molecule has 114 valence electrons.